The Labute approximate surface area is 73.1 Å². The Morgan fingerprint density at radius 3 is 2.58 bits per heavy atom. The number of hydrogen-bond donors (Lipinski definition) is 0. The molecule has 3 heteroatoms. The fraction of sp³-hybridized carbons (Fsp3) is 0.778. The first-order valence-corrected chi connectivity index (χ1v) is 4.33. The van der Waals surface area contributed by atoms with Gasteiger partial charge in [0.25, 0.3) is 0 Å². The number of unbranched alkanes of at least 4 members (excludes halogenated alkanes) is 2. The van der Waals surface area contributed by atoms with E-state index in [1.807, 2.05) is 0 Å². The number of carbonyl (C=O) groups excluding carboxylic acids is 2. The first kappa shape index (κ1) is 11.1. The third kappa shape index (κ3) is 5.89. The highest BCUT2D eigenvalue weighted by atomic mass is 16.5. The second-order valence-corrected chi connectivity index (χ2v) is 2.78. The van der Waals surface area contributed by atoms with Gasteiger partial charge >= 0.3 is 5.97 Å². The van der Waals surface area contributed by atoms with Crippen molar-refractivity contribution in [2.24, 2.45) is 0 Å². The molecule has 0 aromatic carbocycles. The van der Waals surface area contributed by atoms with Crippen LogP contribution in [0.15, 0.2) is 0 Å². The molecule has 1 unspecified atom stereocenters. The summed E-state index contributed by atoms with van der Waals surface area (Å²) in [6.45, 7) is 3.40. The van der Waals surface area contributed by atoms with Crippen LogP contribution in [0.4, 0.5) is 0 Å². The van der Waals surface area contributed by atoms with Gasteiger partial charge in [0.1, 0.15) is 0 Å². The molecule has 0 spiro atoms. The van der Waals surface area contributed by atoms with Crippen LogP contribution in [0, 0.1) is 0 Å². The lowest BCUT2D eigenvalue weighted by Gasteiger charge is -2.09. The highest BCUT2D eigenvalue weighted by Gasteiger charge is 2.08. The fourth-order valence-electron chi connectivity index (χ4n) is 0.963. The fourth-order valence-corrected chi connectivity index (χ4v) is 0.963. The second kappa shape index (κ2) is 6.83. The van der Waals surface area contributed by atoms with Gasteiger partial charge in [-0.1, -0.05) is 19.8 Å². The lowest BCUT2D eigenvalue weighted by Crippen LogP contribution is -2.17. The molecule has 0 bridgehead atoms. The number of carbonyl (C=O) groups is 2. The van der Waals surface area contributed by atoms with Gasteiger partial charge in [-0.15, -0.1) is 0 Å². The van der Waals surface area contributed by atoms with E-state index in [0.29, 0.717) is 12.7 Å². The molecule has 0 saturated heterocycles. The van der Waals surface area contributed by atoms with Gasteiger partial charge in [-0.25, -0.2) is 0 Å². The van der Waals surface area contributed by atoms with Gasteiger partial charge in [0.2, 0.25) is 0 Å². The lowest BCUT2D eigenvalue weighted by atomic mass is 10.1. The Bertz CT molecular complexity index is 143. The maximum Gasteiger partial charge on any atom is 0.303 e. The van der Waals surface area contributed by atoms with Crippen LogP contribution in [0.1, 0.15) is 39.5 Å². The van der Waals surface area contributed by atoms with E-state index in [0.717, 1.165) is 19.3 Å². The van der Waals surface area contributed by atoms with Crippen LogP contribution in [0.3, 0.4) is 0 Å². The minimum atomic E-state index is -0.533. The summed E-state index contributed by atoms with van der Waals surface area (Å²) in [6.07, 6.45) is 3.92. The average Bonchev–Trinajstić information content (AvgIpc) is 2.02. The smallest absolute Gasteiger partial charge is 0.303 e. The predicted octanol–water partition coefficient (Wildman–Crippen LogP) is 1.70. The van der Waals surface area contributed by atoms with Gasteiger partial charge in [-0.05, 0) is 12.8 Å². The summed E-state index contributed by atoms with van der Waals surface area (Å²) < 4.78 is 4.74. The third-order valence-electron chi connectivity index (χ3n) is 1.56. The Hall–Kier alpha value is -0.860. The third-order valence-corrected chi connectivity index (χ3v) is 1.56. The van der Waals surface area contributed by atoms with Gasteiger partial charge < -0.3 is 4.74 Å². The van der Waals surface area contributed by atoms with E-state index in [9.17, 15) is 9.59 Å². The van der Waals surface area contributed by atoms with Crippen molar-refractivity contribution in [3.63, 3.8) is 0 Å². The summed E-state index contributed by atoms with van der Waals surface area (Å²) >= 11 is 0. The standard InChI is InChI=1S/C9H16O3/c1-3-4-5-6-9(7-10)12-8(2)11/h7,9H,3-6H2,1-2H3. The van der Waals surface area contributed by atoms with E-state index in [2.05, 4.69) is 6.92 Å². The predicted molar refractivity (Wildman–Crippen MR) is 45.8 cm³/mol. The highest BCUT2D eigenvalue weighted by Crippen LogP contribution is 2.04. The summed E-state index contributed by atoms with van der Waals surface area (Å²) in [5.41, 5.74) is 0. The molecule has 1 atom stereocenters. The molecule has 3 nitrogen and oxygen atoms in total. The van der Waals surface area contributed by atoms with Crippen molar-refractivity contribution in [3.8, 4) is 0 Å². The minimum absolute atomic E-state index is 0.386. The molecule has 0 aromatic rings. The van der Waals surface area contributed by atoms with Crippen LogP contribution in [-0.2, 0) is 14.3 Å². The molecule has 0 N–H and O–H groups in total. The van der Waals surface area contributed by atoms with E-state index in [4.69, 9.17) is 4.74 Å². The van der Waals surface area contributed by atoms with E-state index < -0.39 is 6.10 Å². The average molecular weight is 172 g/mol. The maximum atomic E-state index is 10.5. The van der Waals surface area contributed by atoms with E-state index in [-0.39, 0.29) is 5.97 Å². The van der Waals surface area contributed by atoms with Crippen LogP contribution in [0.25, 0.3) is 0 Å². The molecular formula is C9H16O3. The quantitative estimate of drug-likeness (QED) is 0.348. The van der Waals surface area contributed by atoms with Gasteiger partial charge in [0.15, 0.2) is 12.4 Å². The second-order valence-electron chi connectivity index (χ2n) is 2.78. The molecule has 0 aliphatic rings. The van der Waals surface area contributed by atoms with E-state index in [1.165, 1.54) is 6.92 Å². The molecule has 0 fully saturated rings. The SMILES string of the molecule is CCCCCC(C=O)OC(C)=O. The number of rotatable bonds is 6. The largest absolute Gasteiger partial charge is 0.455 e. The van der Waals surface area contributed by atoms with Crippen molar-refractivity contribution in [2.45, 2.75) is 45.6 Å². The zero-order valence-electron chi connectivity index (χ0n) is 7.71. The number of hydrogen-bond acceptors (Lipinski definition) is 3. The molecule has 0 rings (SSSR count). The highest BCUT2D eigenvalue weighted by molar-refractivity contribution is 5.69. The Balaban J connectivity index is 3.53. The summed E-state index contributed by atoms with van der Waals surface area (Å²) in [4.78, 5) is 20.8. The molecule has 0 heterocycles. The Morgan fingerprint density at radius 1 is 1.50 bits per heavy atom. The van der Waals surface area contributed by atoms with Crippen molar-refractivity contribution >= 4 is 12.3 Å². The van der Waals surface area contributed by atoms with Crippen molar-refractivity contribution in [1.82, 2.24) is 0 Å². The molecule has 0 saturated carbocycles. The zero-order chi connectivity index (χ0) is 9.40. The molecule has 0 radical (unpaired) electrons. The maximum absolute atomic E-state index is 10.5. The Morgan fingerprint density at radius 2 is 2.17 bits per heavy atom. The van der Waals surface area contributed by atoms with Gasteiger partial charge in [0.05, 0.1) is 0 Å². The van der Waals surface area contributed by atoms with Crippen LogP contribution >= 0.6 is 0 Å². The molecular weight excluding hydrogens is 156 g/mol. The zero-order valence-corrected chi connectivity index (χ0v) is 7.71. The molecule has 0 aromatic heterocycles. The van der Waals surface area contributed by atoms with Gasteiger partial charge in [-0.2, -0.15) is 0 Å². The minimum Gasteiger partial charge on any atom is -0.455 e. The number of aldehydes is 1. The van der Waals surface area contributed by atoms with Crippen LogP contribution < -0.4 is 0 Å². The Kier molecular flexibility index (Phi) is 6.34. The summed E-state index contributed by atoms with van der Waals surface area (Å²) in [5, 5.41) is 0. The molecule has 12 heavy (non-hydrogen) atoms. The summed E-state index contributed by atoms with van der Waals surface area (Å²) in [6, 6.07) is 0. The van der Waals surface area contributed by atoms with Gasteiger partial charge in [-0.3, -0.25) is 9.59 Å². The van der Waals surface area contributed by atoms with E-state index in [1.54, 1.807) is 0 Å². The number of esters is 1. The number of ether oxygens (including phenoxy) is 1. The molecule has 0 amide bonds. The molecule has 0 aliphatic heterocycles. The first-order valence-electron chi connectivity index (χ1n) is 4.33. The summed E-state index contributed by atoms with van der Waals surface area (Å²) in [5.74, 6) is -0.386. The van der Waals surface area contributed by atoms with E-state index >= 15 is 0 Å². The van der Waals surface area contributed by atoms with Crippen LogP contribution in [-0.4, -0.2) is 18.4 Å². The topological polar surface area (TPSA) is 43.4 Å². The van der Waals surface area contributed by atoms with Crippen molar-refractivity contribution in [3.05, 3.63) is 0 Å². The molecule has 0 aliphatic carbocycles. The summed E-state index contributed by atoms with van der Waals surface area (Å²) in [7, 11) is 0. The first-order chi connectivity index (χ1) is 5.70. The molecule has 70 valence electrons. The monoisotopic (exact) mass is 172 g/mol. The van der Waals surface area contributed by atoms with Crippen molar-refractivity contribution < 1.29 is 14.3 Å². The van der Waals surface area contributed by atoms with Crippen molar-refractivity contribution in [1.29, 1.82) is 0 Å². The van der Waals surface area contributed by atoms with Crippen molar-refractivity contribution in [2.75, 3.05) is 0 Å². The van der Waals surface area contributed by atoms with Crippen LogP contribution in [0.2, 0.25) is 0 Å². The normalized spacial score (nSPS) is 12.2. The lowest BCUT2D eigenvalue weighted by molar-refractivity contribution is -0.149. The van der Waals surface area contributed by atoms with Crippen LogP contribution in [0.5, 0.6) is 0 Å². The van der Waals surface area contributed by atoms with Gasteiger partial charge in [0, 0.05) is 6.92 Å².